The number of hydrogen-bond acceptors (Lipinski definition) is 2. The van der Waals surface area contributed by atoms with Gasteiger partial charge < -0.3 is 9.80 Å². The van der Waals surface area contributed by atoms with Crippen molar-refractivity contribution in [2.75, 3.05) is 19.6 Å². The van der Waals surface area contributed by atoms with Gasteiger partial charge in [-0.25, -0.2) is 0 Å². The van der Waals surface area contributed by atoms with Crippen molar-refractivity contribution in [1.82, 2.24) is 9.80 Å². The molecule has 0 N–H and O–H groups in total. The SMILES string of the molecule is CCN1CCC(N(C(=O)C2CCCc3ccccc32)C2CC2)CC1. The molecule has 1 unspecified atom stereocenters. The third-order valence-electron chi connectivity index (χ3n) is 6.26. The summed E-state index contributed by atoms with van der Waals surface area (Å²) in [6.45, 7) is 5.68. The number of carbonyl (C=O) groups is 1. The van der Waals surface area contributed by atoms with Gasteiger partial charge in [-0.15, -0.1) is 0 Å². The highest BCUT2D eigenvalue weighted by Gasteiger charge is 2.41. The lowest BCUT2D eigenvalue weighted by atomic mass is 9.81. The lowest BCUT2D eigenvalue weighted by molar-refractivity contribution is -0.137. The summed E-state index contributed by atoms with van der Waals surface area (Å²) in [4.78, 5) is 18.4. The van der Waals surface area contributed by atoms with E-state index in [2.05, 4.69) is 41.0 Å². The lowest BCUT2D eigenvalue weighted by Crippen LogP contribution is -2.50. The van der Waals surface area contributed by atoms with Gasteiger partial charge in [-0.2, -0.15) is 0 Å². The van der Waals surface area contributed by atoms with E-state index in [9.17, 15) is 4.79 Å². The normalized spacial score (nSPS) is 25.3. The number of fused-ring (bicyclic) bond motifs is 1. The Hall–Kier alpha value is -1.35. The Balaban J connectivity index is 1.53. The van der Waals surface area contributed by atoms with Crippen LogP contribution in [0.5, 0.6) is 0 Å². The molecular formula is C21H30N2O. The zero-order valence-electron chi connectivity index (χ0n) is 14.9. The third kappa shape index (κ3) is 3.11. The van der Waals surface area contributed by atoms with Gasteiger partial charge in [-0.3, -0.25) is 4.79 Å². The first kappa shape index (κ1) is 16.1. The number of piperidine rings is 1. The zero-order chi connectivity index (χ0) is 16.5. The molecule has 0 radical (unpaired) electrons. The molecule has 2 aliphatic carbocycles. The number of carbonyl (C=O) groups excluding carboxylic acids is 1. The number of likely N-dealkylation sites (tertiary alicyclic amines) is 1. The Morgan fingerprint density at radius 2 is 1.79 bits per heavy atom. The van der Waals surface area contributed by atoms with Crippen molar-refractivity contribution in [2.24, 2.45) is 0 Å². The predicted molar refractivity (Wildman–Crippen MR) is 97.1 cm³/mol. The van der Waals surface area contributed by atoms with Crippen LogP contribution in [0.4, 0.5) is 0 Å². The summed E-state index contributed by atoms with van der Waals surface area (Å²) in [7, 11) is 0. The van der Waals surface area contributed by atoms with Crippen LogP contribution in [0.2, 0.25) is 0 Å². The molecule has 24 heavy (non-hydrogen) atoms. The molecule has 1 aromatic carbocycles. The molecule has 1 saturated heterocycles. The lowest BCUT2D eigenvalue weighted by Gasteiger charge is -2.40. The highest BCUT2D eigenvalue weighted by atomic mass is 16.2. The van der Waals surface area contributed by atoms with Gasteiger partial charge in [0, 0.05) is 25.2 Å². The molecule has 3 aliphatic rings. The highest BCUT2D eigenvalue weighted by Crippen LogP contribution is 2.38. The minimum atomic E-state index is 0.111. The van der Waals surface area contributed by atoms with Gasteiger partial charge >= 0.3 is 0 Å². The van der Waals surface area contributed by atoms with E-state index in [0.717, 1.165) is 51.7 Å². The average molecular weight is 326 g/mol. The molecule has 1 atom stereocenters. The van der Waals surface area contributed by atoms with Gasteiger partial charge in [0.05, 0.1) is 5.92 Å². The van der Waals surface area contributed by atoms with Crippen LogP contribution in [0.15, 0.2) is 24.3 Å². The number of nitrogens with zero attached hydrogens (tertiary/aromatic N) is 2. The van der Waals surface area contributed by atoms with E-state index in [-0.39, 0.29) is 5.92 Å². The van der Waals surface area contributed by atoms with Crippen LogP contribution in [-0.4, -0.2) is 47.4 Å². The summed E-state index contributed by atoms with van der Waals surface area (Å²) in [6, 6.07) is 9.64. The average Bonchev–Trinajstić information content (AvgIpc) is 3.47. The first-order chi connectivity index (χ1) is 11.8. The topological polar surface area (TPSA) is 23.6 Å². The van der Waals surface area contributed by atoms with Crippen molar-refractivity contribution in [3.8, 4) is 0 Å². The molecule has 1 aliphatic heterocycles. The fourth-order valence-corrected chi connectivity index (χ4v) is 4.71. The highest BCUT2D eigenvalue weighted by molar-refractivity contribution is 5.85. The van der Waals surface area contributed by atoms with Crippen molar-refractivity contribution in [3.63, 3.8) is 0 Å². The quantitative estimate of drug-likeness (QED) is 0.844. The second-order valence-electron chi connectivity index (χ2n) is 7.79. The fourth-order valence-electron chi connectivity index (χ4n) is 4.71. The van der Waals surface area contributed by atoms with Gasteiger partial charge in [-0.1, -0.05) is 31.2 Å². The van der Waals surface area contributed by atoms with E-state index in [0.29, 0.717) is 18.0 Å². The fraction of sp³-hybridized carbons (Fsp3) is 0.667. The largest absolute Gasteiger partial charge is 0.336 e. The van der Waals surface area contributed by atoms with E-state index in [4.69, 9.17) is 0 Å². The number of hydrogen-bond donors (Lipinski definition) is 0. The summed E-state index contributed by atoms with van der Waals surface area (Å²) >= 11 is 0. The number of rotatable bonds is 4. The Bertz CT molecular complexity index is 587. The molecule has 1 heterocycles. The number of amides is 1. The molecule has 130 valence electrons. The molecule has 1 aromatic rings. The molecule has 0 aromatic heterocycles. The van der Waals surface area contributed by atoms with Crippen molar-refractivity contribution in [3.05, 3.63) is 35.4 Å². The first-order valence-electron chi connectivity index (χ1n) is 9.90. The van der Waals surface area contributed by atoms with Crippen molar-refractivity contribution in [2.45, 2.75) is 69.9 Å². The van der Waals surface area contributed by atoms with Crippen LogP contribution >= 0.6 is 0 Å². The van der Waals surface area contributed by atoms with Crippen LogP contribution in [0.3, 0.4) is 0 Å². The maximum Gasteiger partial charge on any atom is 0.230 e. The van der Waals surface area contributed by atoms with Gasteiger partial charge in [0.25, 0.3) is 0 Å². The van der Waals surface area contributed by atoms with Gasteiger partial charge in [0.2, 0.25) is 5.91 Å². The summed E-state index contributed by atoms with van der Waals surface area (Å²) in [6.07, 6.45) is 8.07. The van der Waals surface area contributed by atoms with Crippen LogP contribution in [0.25, 0.3) is 0 Å². The second kappa shape index (κ2) is 6.87. The predicted octanol–water partition coefficient (Wildman–Crippen LogP) is 3.58. The zero-order valence-corrected chi connectivity index (χ0v) is 14.9. The van der Waals surface area contributed by atoms with E-state index in [1.165, 1.54) is 24.0 Å². The molecule has 2 fully saturated rings. The second-order valence-corrected chi connectivity index (χ2v) is 7.79. The van der Waals surface area contributed by atoms with Crippen LogP contribution < -0.4 is 0 Å². The Morgan fingerprint density at radius 3 is 2.50 bits per heavy atom. The van der Waals surface area contributed by atoms with Gasteiger partial charge in [0.1, 0.15) is 0 Å². The molecule has 1 saturated carbocycles. The minimum absolute atomic E-state index is 0.111. The molecule has 3 heteroatoms. The number of benzene rings is 1. The summed E-state index contributed by atoms with van der Waals surface area (Å²) < 4.78 is 0. The van der Waals surface area contributed by atoms with Gasteiger partial charge in [-0.05, 0) is 62.6 Å². The summed E-state index contributed by atoms with van der Waals surface area (Å²) in [5, 5.41) is 0. The van der Waals surface area contributed by atoms with Crippen molar-refractivity contribution >= 4 is 5.91 Å². The molecular weight excluding hydrogens is 296 g/mol. The van der Waals surface area contributed by atoms with Crippen LogP contribution in [0, 0.1) is 0 Å². The number of aryl methyl sites for hydroxylation is 1. The third-order valence-corrected chi connectivity index (χ3v) is 6.26. The summed E-state index contributed by atoms with van der Waals surface area (Å²) in [5.74, 6) is 0.541. The van der Waals surface area contributed by atoms with Crippen LogP contribution in [0.1, 0.15) is 62.5 Å². The Labute approximate surface area is 146 Å². The Kier molecular flexibility index (Phi) is 4.62. The van der Waals surface area contributed by atoms with Crippen molar-refractivity contribution < 1.29 is 4.79 Å². The first-order valence-corrected chi connectivity index (χ1v) is 9.90. The summed E-state index contributed by atoms with van der Waals surface area (Å²) in [5.41, 5.74) is 2.71. The molecule has 0 spiro atoms. The molecule has 4 rings (SSSR count). The standard InChI is InChI=1S/C21H30N2O/c1-2-22-14-12-18(13-15-22)23(17-10-11-17)21(24)20-9-5-7-16-6-3-4-8-19(16)20/h3-4,6,8,17-18,20H,2,5,7,9-15H2,1H3. The van der Waals surface area contributed by atoms with E-state index < -0.39 is 0 Å². The van der Waals surface area contributed by atoms with Crippen LogP contribution in [-0.2, 0) is 11.2 Å². The Morgan fingerprint density at radius 1 is 1.08 bits per heavy atom. The molecule has 0 bridgehead atoms. The maximum absolute atomic E-state index is 13.5. The van der Waals surface area contributed by atoms with E-state index in [1.807, 2.05) is 0 Å². The van der Waals surface area contributed by atoms with Crippen molar-refractivity contribution in [1.29, 1.82) is 0 Å². The van der Waals surface area contributed by atoms with E-state index >= 15 is 0 Å². The van der Waals surface area contributed by atoms with Gasteiger partial charge in [0.15, 0.2) is 0 Å². The minimum Gasteiger partial charge on any atom is -0.336 e. The molecule has 1 amide bonds. The smallest absolute Gasteiger partial charge is 0.230 e. The monoisotopic (exact) mass is 326 g/mol. The molecule has 3 nitrogen and oxygen atoms in total. The van der Waals surface area contributed by atoms with E-state index in [1.54, 1.807) is 0 Å². The maximum atomic E-state index is 13.5.